The number of rotatable bonds is 5. The molecule has 0 saturated heterocycles. The smallest absolute Gasteiger partial charge is 0.331 e. The van der Waals surface area contributed by atoms with E-state index in [9.17, 15) is 9.59 Å². The molecule has 2 aromatic carbocycles. The number of nitrogens with zero attached hydrogens (tertiary/aromatic N) is 1. The lowest BCUT2D eigenvalue weighted by atomic mass is 10.1. The van der Waals surface area contributed by atoms with Crippen molar-refractivity contribution >= 4 is 28.7 Å². The maximum atomic E-state index is 11.9. The second-order valence-electron chi connectivity index (χ2n) is 5.16. The van der Waals surface area contributed by atoms with Crippen LogP contribution in [-0.4, -0.2) is 23.3 Å². The SMILES string of the molecule is O=C(/C=C/c1ccc2ccccc2n1)OCC(=O)c1ccccc1. The lowest BCUT2D eigenvalue weighted by Gasteiger charge is -2.01. The van der Waals surface area contributed by atoms with E-state index in [0.717, 1.165) is 10.9 Å². The molecule has 0 radical (unpaired) electrons. The molecule has 0 bridgehead atoms. The molecule has 0 aliphatic rings. The monoisotopic (exact) mass is 317 g/mol. The number of esters is 1. The molecule has 24 heavy (non-hydrogen) atoms. The molecule has 118 valence electrons. The van der Waals surface area contributed by atoms with Crippen LogP contribution < -0.4 is 0 Å². The van der Waals surface area contributed by atoms with Gasteiger partial charge in [-0.05, 0) is 18.2 Å². The molecule has 0 aliphatic heterocycles. The van der Waals surface area contributed by atoms with Gasteiger partial charge in [0.2, 0.25) is 0 Å². The van der Waals surface area contributed by atoms with Crippen molar-refractivity contribution in [3.8, 4) is 0 Å². The molecule has 0 N–H and O–H groups in total. The van der Waals surface area contributed by atoms with Crippen molar-refractivity contribution in [3.63, 3.8) is 0 Å². The Morgan fingerprint density at radius 3 is 2.50 bits per heavy atom. The third-order valence-electron chi connectivity index (χ3n) is 3.45. The van der Waals surface area contributed by atoms with Crippen molar-refractivity contribution in [1.82, 2.24) is 4.98 Å². The molecular weight excluding hydrogens is 302 g/mol. The average Bonchev–Trinajstić information content (AvgIpc) is 2.65. The van der Waals surface area contributed by atoms with Gasteiger partial charge in [0.25, 0.3) is 0 Å². The van der Waals surface area contributed by atoms with E-state index < -0.39 is 5.97 Å². The second kappa shape index (κ2) is 7.33. The first kappa shape index (κ1) is 15.6. The summed E-state index contributed by atoms with van der Waals surface area (Å²) in [7, 11) is 0. The van der Waals surface area contributed by atoms with Crippen LogP contribution in [0.15, 0.2) is 72.8 Å². The van der Waals surface area contributed by atoms with Gasteiger partial charge in [0.15, 0.2) is 12.4 Å². The van der Waals surface area contributed by atoms with Crippen LogP contribution in [0.2, 0.25) is 0 Å². The Balaban J connectivity index is 1.59. The predicted molar refractivity (Wildman–Crippen MR) is 92.5 cm³/mol. The van der Waals surface area contributed by atoms with E-state index in [2.05, 4.69) is 4.98 Å². The number of benzene rings is 2. The molecule has 1 heterocycles. The van der Waals surface area contributed by atoms with Gasteiger partial charge in [-0.1, -0.05) is 54.6 Å². The fourth-order valence-corrected chi connectivity index (χ4v) is 2.22. The molecular formula is C20H15NO3. The Kier molecular flexibility index (Phi) is 4.77. The quantitative estimate of drug-likeness (QED) is 0.409. The molecule has 0 spiro atoms. The van der Waals surface area contributed by atoms with Gasteiger partial charge in [-0.15, -0.1) is 0 Å². The maximum absolute atomic E-state index is 11.9. The van der Waals surface area contributed by atoms with Crippen LogP contribution in [0.1, 0.15) is 16.1 Å². The first-order valence-corrected chi connectivity index (χ1v) is 7.51. The van der Waals surface area contributed by atoms with Gasteiger partial charge >= 0.3 is 5.97 Å². The summed E-state index contributed by atoms with van der Waals surface area (Å²) in [5, 5.41) is 1.03. The van der Waals surface area contributed by atoms with Crippen LogP contribution in [0.25, 0.3) is 17.0 Å². The third kappa shape index (κ3) is 3.93. The molecule has 0 saturated carbocycles. The fraction of sp³-hybridized carbons (Fsp3) is 0.0500. The number of Topliss-reactive ketones (excluding diaryl/α,β-unsaturated/α-hetero) is 1. The van der Waals surface area contributed by atoms with E-state index in [-0.39, 0.29) is 12.4 Å². The topological polar surface area (TPSA) is 56.3 Å². The summed E-state index contributed by atoms with van der Waals surface area (Å²) in [6.07, 6.45) is 2.84. The van der Waals surface area contributed by atoms with Crippen molar-refractivity contribution in [1.29, 1.82) is 0 Å². The van der Waals surface area contributed by atoms with Crippen molar-refractivity contribution < 1.29 is 14.3 Å². The van der Waals surface area contributed by atoms with Crippen molar-refractivity contribution in [2.45, 2.75) is 0 Å². The normalized spacial score (nSPS) is 10.8. The predicted octanol–water partition coefficient (Wildman–Crippen LogP) is 3.67. The molecule has 0 fully saturated rings. The Hall–Kier alpha value is -3.27. The third-order valence-corrected chi connectivity index (χ3v) is 3.45. The van der Waals surface area contributed by atoms with Gasteiger partial charge in [0.05, 0.1) is 11.2 Å². The van der Waals surface area contributed by atoms with Crippen LogP contribution in [0.5, 0.6) is 0 Å². The van der Waals surface area contributed by atoms with Crippen molar-refractivity contribution in [2.24, 2.45) is 0 Å². The summed E-state index contributed by atoms with van der Waals surface area (Å²) in [6.45, 7) is -0.279. The standard InChI is InChI=1S/C20H15NO3/c22-19(16-7-2-1-3-8-16)14-24-20(23)13-12-17-11-10-15-6-4-5-9-18(15)21-17/h1-13H,14H2/b13-12+. The van der Waals surface area contributed by atoms with E-state index in [1.165, 1.54) is 6.08 Å². The Morgan fingerprint density at radius 1 is 0.917 bits per heavy atom. The van der Waals surface area contributed by atoms with E-state index in [1.807, 2.05) is 42.5 Å². The summed E-state index contributed by atoms with van der Waals surface area (Å²) in [5.41, 5.74) is 2.03. The molecule has 0 atom stereocenters. The number of carbonyl (C=O) groups is 2. The zero-order valence-corrected chi connectivity index (χ0v) is 12.9. The van der Waals surface area contributed by atoms with Crippen LogP contribution in [0.4, 0.5) is 0 Å². The summed E-state index contributed by atoms with van der Waals surface area (Å²) < 4.78 is 4.96. The van der Waals surface area contributed by atoms with E-state index in [4.69, 9.17) is 4.74 Å². The highest BCUT2D eigenvalue weighted by molar-refractivity contribution is 5.98. The number of ketones is 1. The highest BCUT2D eigenvalue weighted by Gasteiger charge is 2.07. The van der Waals surface area contributed by atoms with Gasteiger partial charge in [0.1, 0.15) is 0 Å². The van der Waals surface area contributed by atoms with Crippen molar-refractivity contribution in [3.05, 3.63) is 84.1 Å². The highest BCUT2D eigenvalue weighted by atomic mass is 16.5. The number of carbonyl (C=O) groups excluding carboxylic acids is 2. The minimum atomic E-state index is -0.575. The molecule has 0 aliphatic carbocycles. The molecule has 4 nitrogen and oxygen atoms in total. The van der Waals surface area contributed by atoms with Crippen LogP contribution in [0, 0.1) is 0 Å². The lowest BCUT2D eigenvalue weighted by Crippen LogP contribution is -2.12. The fourth-order valence-electron chi connectivity index (χ4n) is 2.22. The van der Waals surface area contributed by atoms with Crippen LogP contribution >= 0.6 is 0 Å². The molecule has 1 aromatic heterocycles. The average molecular weight is 317 g/mol. The van der Waals surface area contributed by atoms with E-state index in [0.29, 0.717) is 11.3 Å². The minimum Gasteiger partial charge on any atom is -0.454 e. The summed E-state index contributed by atoms with van der Waals surface area (Å²) >= 11 is 0. The highest BCUT2D eigenvalue weighted by Crippen LogP contribution is 2.12. The Morgan fingerprint density at radius 2 is 1.67 bits per heavy atom. The Bertz CT molecular complexity index is 901. The molecule has 3 aromatic rings. The lowest BCUT2D eigenvalue weighted by molar-refractivity contribution is -0.136. The number of para-hydroxylation sites is 1. The van der Waals surface area contributed by atoms with Gasteiger partial charge in [-0.25, -0.2) is 9.78 Å². The zero-order chi connectivity index (χ0) is 16.8. The Labute approximate surface area is 139 Å². The number of aromatic nitrogens is 1. The first-order chi connectivity index (χ1) is 11.7. The van der Waals surface area contributed by atoms with E-state index >= 15 is 0 Å². The number of fused-ring (bicyclic) bond motifs is 1. The molecule has 0 amide bonds. The molecule has 4 heteroatoms. The number of pyridine rings is 1. The van der Waals surface area contributed by atoms with Gasteiger partial charge in [0, 0.05) is 17.0 Å². The largest absolute Gasteiger partial charge is 0.454 e. The van der Waals surface area contributed by atoms with Crippen molar-refractivity contribution in [2.75, 3.05) is 6.61 Å². The molecule has 3 rings (SSSR count). The maximum Gasteiger partial charge on any atom is 0.331 e. The second-order valence-corrected chi connectivity index (χ2v) is 5.16. The summed E-state index contributed by atoms with van der Waals surface area (Å²) in [4.78, 5) is 28.0. The van der Waals surface area contributed by atoms with Gasteiger partial charge < -0.3 is 4.74 Å². The zero-order valence-electron chi connectivity index (χ0n) is 12.9. The van der Waals surface area contributed by atoms with Gasteiger partial charge in [-0.3, -0.25) is 4.79 Å². The van der Waals surface area contributed by atoms with Gasteiger partial charge in [-0.2, -0.15) is 0 Å². The molecule has 0 unspecified atom stereocenters. The summed E-state index contributed by atoms with van der Waals surface area (Å²) in [5.74, 6) is -0.810. The number of ether oxygens (including phenoxy) is 1. The number of hydrogen-bond donors (Lipinski definition) is 0. The number of hydrogen-bond acceptors (Lipinski definition) is 4. The summed E-state index contributed by atoms with van der Waals surface area (Å²) in [6, 6.07) is 20.2. The first-order valence-electron chi connectivity index (χ1n) is 7.51. The van der Waals surface area contributed by atoms with E-state index in [1.54, 1.807) is 30.3 Å². The minimum absolute atomic E-state index is 0.235. The van der Waals surface area contributed by atoms with Crippen LogP contribution in [0.3, 0.4) is 0 Å². The van der Waals surface area contributed by atoms with Crippen LogP contribution in [-0.2, 0) is 9.53 Å².